The fourth-order valence-electron chi connectivity index (χ4n) is 2.95. The maximum atomic E-state index is 12.7. The zero-order valence-electron chi connectivity index (χ0n) is 15.4. The van der Waals surface area contributed by atoms with Crippen molar-refractivity contribution in [3.05, 3.63) is 29.0 Å². The fourth-order valence-corrected chi connectivity index (χ4v) is 2.95. The summed E-state index contributed by atoms with van der Waals surface area (Å²) in [6, 6.07) is 2.95. The lowest BCUT2D eigenvalue weighted by Gasteiger charge is -2.21. The Morgan fingerprint density at radius 1 is 1.14 bits per heavy atom. The number of β-amino-alcohol motifs (C(OH)–C–C–N with tert-alkyl or cyclic N) is 1. The van der Waals surface area contributed by atoms with Gasteiger partial charge in [-0.25, -0.2) is 9.59 Å². The number of benzene rings is 1. The van der Waals surface area contributed by atoms with Crippen molar-refractivity contribution < 1.29 is 38.4 Å². The van der Waals surface area contributed by atoms with Crippen LogP contribution >= 0.6 is 0 Å². The number of anilines is 1. The van der Waals surface area contributed by atoms with Gasteiger partial charge in [-0.2, -0.15) is 0 Å². The van der Waals surface area contributed by atoms with Gasteiger partial charge in [0.2, 0.25) is 0 Å². The van der Waals surface area contributed by atoms with Crippen LogP contribution in [-0.2, 0) is 19.1 Å². The van der Waals surface area contributed by atoms with Crippen molar-refractivity contribution in [2.24, 2.45) is 0 Å². The number of ether oxygens (including phenoxy) is 4. The van der Waals surface area contributed by atoms with Crippen LogP contribution in [0.1, 0.15) is 10.4 Å². The quantitative estimate of drug-likeness (QED) is 0.640. The summed E-state index contributed by atoms with van der Waals surface area (Å²) in [6.07, 6.45) is 0. The van der Waals surface area contributed by atoms with Gasteiger partial charge >= 0.3 is 11.9 Å². The number of nitrogens with zero attached hydrogens (tertiary/aromatic N) is 1. The van der Waals surface area contributed by atoms with Crippen LogP contribution in [-0.4, -0.2) is 75.0 Å². The number of rotatable bonds is 6. The monoisotopic (exact) mass is 392 g/mol. The van der Waals surface area contributed by atoms with Crippen molar-refractivity contribution in [3.63, 3.8) is 0 Å². The Hall–Kier alpha value is -3.27. The number of hydrogen-bond donors (Lipinski definition) is 2. The van der Waals surface area contributed by atoms with Gasteiger partial charge in [-0.05, 0) is 0 Å². The smallest absolute Gasteiger partial charge is 0.340 e. The highest BCUT2D eigenvalue weighted by atomic mass is 16.6. The van der Waals surface area contributed by atoms with E-state index in [2.05, 4.69) is 5.32 Å². The summed E-state index contributed by atoms with van der Waals surface area (Å²) >= 11 is 0. The van der Waals surface area contributed by atoms with E-state index in [4.69, 9.17) is 24.1 Å². The minimum Gasteiger partial charge on any atom is -0.486 e. The lowest BCUT2D eigenvalue weighted by molar-refractivity contribution is -0.136. The number of nitrogens with one attached hydrogen (secondary N) is 1. The normalized spacial score (nSPS) is 15.5. The highest BCUT2D eigenvalue weighted by Crippen LogP contribution is 2.37. The number of aliphatic hydroxyl groups excluding tert-OH is 1. The molecule has 1 aromatic carbocycles. The summed E-state index contributed by atoms with van der Waals surface area (Å²) in [5.41, 5.74) is 0.373. The molecule has 0 bridgehead atoms. The van der Waals surface area contributed by atoms with E-state index in [1.165, 1.54) is 31.3 Å². The molecule has 0 saturated carbocycles. The van der Waals surface area contributed by atoms with Gasteiger partial charge in [-0.15, -0.1) is 0 Å². The van der Waals surface area contributed by atoms with Crippen LogP contribution in [0, 0.1) is 0 Å². The second kappa shape index (κ2) is 8.17. The van der Waals surface area contributed by atoms with E-state index >= 15 is 0 Å². The largest absolute Gasteiger partial charge is 0.486 e. The summed E-state index contributed by atoms with van der Waals surface area (Å²) < 4.78 is 20.6. The van der Waals surface area contributed by atoms with Crippen molar-refractivity contribution in [2.45, 2.75) is 0 Å². The topological polar surface area (TPSA) is 124 Å². The number of hydrogen-bond acceptors (Lipinski definition) is 9. The minimum absolute atomic E-state index is 0.0213. The highest BCUT2D eigenvalue weighted by molar-refractivity contribution is 6.09. The van der Waals surface area contributed by atoms with Crippen molar-refractivity contribution in [1.29, 1.82) is 0 Å². The molecule has 0 aromatic heterocycles. The molecular formula is C18H20N2O8. The van der Waals surface area contributed by atoms with Gasteiger partial charge in [-0.1, -0.05) is 0 Å². The van der Waals surface area contributed by atoms with E-state index in [0.717, 1.165) is 0 Å². The molecule has 2 N–H and O–H groups in total. The summed E-state index contributed by atoms with van der Waals surface area (Å²) in [4.78, 5) is 38.3. The zero-order valence-corrected chi connectivity index (χ0v) is 15.4. The average Bonchev–Trinajstić information content (AvgIpc) is 3.02. The van der Waals surface area contributed by atoms with Gasteiger partial charge in [0, 0.05) is 18.7 Å². The predicted octanol–water partition coefficient (Wildman–Crippen LogP) is -0.0821. The van der Waals surface area contributed by atoms with Gasteiger partial charge < -0.3 is 34.3 Å². The molecule has 0 fully saturated rings. The first-order chi connectivity index (χ1) is 13.5. The third kappa shape index (κ3) is 3.58. The highest BCUT2D eigenvalue weighted by Gasteiger charge is 2.35. The van der Waals surface area contributed by atoms with Crippen LogP contribution in [0.3, 0.4) is 0 Å². The Balaban J connectivity index is 2.03. The van der Waals surface area contributed by atoms with E-state index in [0.29, 0.717) is 24.7 Å². The Morgan fingerprint density at radius 2 is 1.79 bits per heavy atom. The van der Waals surface area contributed by atoms with E-state index < -0.39 is 17.8 Å². The van der Waals surface area contributed by atoms with Crippen molar-refractivity contribution in [2.75, 3.05) is 52.4 Å². The van der Waals surface area contributed by atoms with Crippen LogP contribution in [0.4, 0.5) is 5.69 Å². The van der Waals surface area contributed by atoms with Crippen LogP contribution in [0.25, 0.3) is 0 Å². The fraction of sp³-hybridized carbons (Fsp3) is 0.389. The molecule has 0 saturated heterocycles. The maximum absolute atomic E-state index is 12.7. The minimum atomic E-state index is -0.687. The number of methoxy groups -OCH3 is 2. The van der Waals surface area contributed by atoms with Gasteiger partial charge in [0.1, 0.15) is 18.9 Å². The summed E-state index contributed by atoms with van der Waals surface area (Å²) in [5.74, 6) is -1.08. The number of esters is 2. The van der Waals surface area contributed by atoms with Crippen LogP contribution in [0.5, 0.6) is 11.5 Å². The van der Waals surface area contributed by atoms with E-state index in [1.807, 2.05) is 0 Å². The van der Waals surface area contributed by atoms with Crippen LogP contribution in [0.15, 0.2) is 23.4 Å². The first kappa shape index (κ1) is 19.5. The van der Waals surface area contributed by atoms with Gasteiger partial charge in [-0.3, -0.25) is 4.79 Å². The molecule has 0 aliphatic carbocycles. The molecule has 0 radical (unpaired) electrons. The molecule has 10 heteroatoms. The van der Waals surface area contributed by atoms with Crippen LogP contribution in [0.2, 0.25) is 0 Å². The molecule has 2 aliphatic heterocycles. The number of carbonyl (C=O) groups is 3. The molecule has 0 unspecified atom stereocenters. The van der Waals surface area contributed by atoms with Crippen molar-refractivity contribution in [1.82, 2.24) is 4.90 Å². The molecule has 1 aromatic rings. The number of aliphatic hydroxyl groups is 1. The van der Waals surface area contributed by atoms with Gasteiger partial charge in [0.05, 0.1) is 44.2 Å². The molecule has 10 nitrogen and oxygen atoms in total. The molecule has 1 amide bonds. The van der Waals surface area contributed by atoms with E-state index in [1.54, 1.807) is 0 Å². The molecule has 0 spiro atoms. The molecule has 28 heavy (non-hydrogen) atoms. The summed E-state index contributed by atoms with van der Waals surface area (Å²) in [5, 5.41) is 12.0. The second-order valence-corrected chi connectivity index (χ2v) is 5.95. The lowest BCUT2D eigenvalue weighted by atomic mass is 10.1. The Kier molecular flexibility index (Phi) is 5.69. The second-order valence-electron chi connectivity index (χ2n) is 5.95. The predicted molar refractivity (Wildman–Crippen MR) is 95.1 cm³/mol. The average molecular weight is 392 g/mol. The Labute approximate surface area is 160 Å². The van der Waals surface area contributed by atoms with Gasteiger partial charge in [0.25, 0.3) is 5.91 Å². The van der Waals surface area contributed by atoms with Crippen LogP contribution < -0.4 is 14.8 Å². The number of carbonyl (C=O) groups excluding carboxylic acids is 3. The first-order valence-corrected chi connectivity index (χ1v) is 8.50. The summed E-state index contributed by atoms with van der Waals surface area (Å²) in [7, 11) is 2.43. The molecule has 150 valence electrons. The number of fused-ring (bicyclic) bond motifs is 1. The van der Waals surface area contributed by atoms with Crippen molar-refractivity contribution in [3.8, 4) is 11.5 Å². The SMILES string of the molecule is COC(=O)C1=C(Nc2cc3c(cc2C(=O)OC)OCCO3)C(=O)N(CCO)C1. The molecule has 2 heterocycles. The third-order valence-corrected chi connectivity index (χ3v) is 4.30. The maximum Gasteiger partial charge on any atom is 0.340 e. The Morgan fingerprint density at radius 3 is 2.39 bits per heavy atom. The standard InChI is InChI=1S/C18H20N2O8/c1-25-17(23)10-7-13-14(28-6-5-27-13)8-12(10)19-15-11(18(24)26-2)9-20(3-4-21)16(15)22/h7-8,19,21H,3-6,9H2,1-2H3. The first-order valence-electron chi connectivity index (χ1n) is 8.50. The number of amides is 1. The zero-order chi connectivity index (χ0) is 20.3. The Bertz CT molecular complexity index is 848. The molecule has 0 atom stereocenters. The summed E-state index contributed by atoms with van der Waals surface area (Å²) in [6.45, 7) is 0.447. The molecule has 2 aliphatic rings. The van der Waals surface area contributed by atoms with Crippen molar-refractivity contribution >= 4 is 23.5 Å². The lowest BCUT2D eigenvalue weighted by Crippen LogP contribution is -2.31. The molecule has 3 rings (SSSR count). The van der Waals surface area contributed by atoms with Gasteiger partial charge in [0.15, 0.2) is 11.5 Å². The third-order valence-electron chi connectivity index (χ3n) is 4.30. The van der Waals surface area contributed by atoms with E-state index in [-0.39, 0.29) is 42.2 Å². The molecular weight excluding hydrogens is 372 g/mol. The van der Waals surface area contributed by atoms with E-state index in [9.17, 15) is 14.4 Å².